The molecule has 3 aromatic rings. The van der Waals surface area contributed by atoms with Crippen LogP contribution >= 0.6 is 11.6 Å². The van der Waals surface area contributed by atoms with Gasteiger partial charge < -0.3 is 4.90 Å². The topological polar surface area (TPSA) is 45.8 Å². The van der Waals surface area contributed by atoms with Crippen LogP contribution < -0.4 is 4.90 Å². The first-order valence-corrected chi connectivity index (χ1v) is 9.58. The van der Waals surface area contributed by atoms with Gasteiger partial charge in [-0.15, -0.1) is 0 Å². The van der Waals surface area contributed by atoms with E-state index in [1.165, 1.54) is 5.69 Å². The van der Waals surface area contributed by atoms with Crippen molar-refractivity contribution >= 4 is 45.4 Å². The monoisotopic (exact) mass is 379 g/mol. The maximum Gasteiger partial charge on any atom is 0.182 e. The van der Waals surface area contributed by atoms with Gasteiger partial charge in [0.05, 0.1) is 22.4 Å². The second-order valence-electron chi connectivity index (χ2n) is 6.67. The Morgan fingerprint density at radius 3 is 2.56 bits per heavy atom. The van der Waals surface area contributed by atoms with Gasteiger partial charge >= 0.3 is 0 Å². The summed E-state index contributed by atoms with van der Waals surface area (Å²) in [7, 11) is 0. The van der Waals surface area contributed by atoms with Gasteiger partial charge in [-0.3, -0.25) is 0 Å². The molecule has 0 radical (unpaired) electrons. The largest absolute Gasteiger partial charge is 0.372 e. The Morgan fingerprint density at radius 1 is 1.07 bits per heavy atom. The van der Waals surface area contributed by atoms with Crippen LogP contribution in [0.15, 0.2) is 46.5 Å². The molecule has 0 unspecified atom stereocenters. The molecule has 0 bridgehead atoms. The molecule has 0 spiro atoms. The van der Waals surface area contributed by atoms with Crippen molar-refractivity contribution in [2.24, 2.45) is 10.1 Å². The number of aryl methyl sites for hydroxylation is 1. The Bertz CT molecular complexity index is 1090. The molecule has 0 amide bonds. The molecule has 0 fully saturated rings. The number of hydrogen-bond donors (Lipinski definition) is 0. The number of aromatic nitrogens is 2. The molecule has 0 atom stereocenters. The molecule has 0 N–H and O–H groups in total. The minimum Gasteiger partial charge on any atom is -0.372 e. The lowest BCUT2D eigenvalue weighted by Gasteiger charge is -2.21. The Hall–Kier alpha value is -2.66. The zero-order valence-corrected chi connectivity index (χ0v) is 16.7. The zero-order valence-electron chi connectivity index (χ0n) is 16.0. The first-order valence-electron chi connectivity index (χ1n) is 9.20. The van der Waals surface area contributed by atoms with Crippen molar-refractivity contribution in [3.8, 4) is 0 Å². The van der Waals surface area contributed by atoms with Gasteiger partial charge in [0.15, 0.2) is 5.82 Å². The van der Waals surface area contributed by atoms with Crippen molar-refractivity contribution in [3.63, 3.8) is 0 Å². The van der Waals surface area contributed by atoms with E-state index in [0.29, 0.717) is 5.02 Å². The molecule has 4 rings (SSSR count). The minimum atomic E-state index is 0.672. The van der Waals surface area contributed by atoms with Crippen LogP contribution in [0.4, 0.5) is 11.4 Å². The molecular formula is C21H22ClN5. The highest BCUT2D eigenvalue weighted by molar-refractivity contribution is 6.48. The van der Waals surface area contributed by atoms with Gasteiger partial charge in [0.2, 0.25) is 0 Å². The van der Waals surface area contributed by atoms with Crippen molar-refractivity contribution in [3.05, 3.63) is 52.8 Å². The molecule has 1 aromatic heterocycles. The van der Waals surface area contributed by atoms with E-state index in [9.17, 15) is 0 Å². The van der Waals surface area contributed by atoms with Crippen molar-refractivity contribution in [2.75, 3.05) is 18.0 Å². The van der Waals surface area contributed by atoms with Gasteiger partial charge in [0.25, 0.3) is 0 Å². The van der Waals surface area contributed by atoms with Crippen molar-refractivity contribution in [2.45, 2.75) is 27.7 Å². The van der Waals surface area contributed by atoms with E-state index >= 15 is 0 Å². The molecule has 0 saturated heterocycles. The lowest BCUT2D eigenvalue weighted by molar-refractivity contribution is 0.865. The predicted molar refractivity (Wildman–Crippen MR) is 114 cm³/mol. The number of fused-ring (bicyclic) bond motifs is 3. The molecule has 138 valence electrons. The lowest BCUT2D eigenvalue weighted by Crippen LogP contribution is -2.21. The van der Waals surface area contributed by atoms with Crippen LogP contribution in [-0.2, 0) is 0 Å². The standard InChI is InChI=1S/C21H22ClN5/c1-5-26(6-2)16-8-10-17(13(3)11-16)23-20-14(4)25-27-19-12-15(22)7-9-18(19)24-21(20)27/h7-12H,5-6H2,1-4H3. The zero-order chi connectivity index (χ0) is 19.1. The normalized spacial score (nSPS) is 14.7. The van der Waals surface area contributed by atoms with E-state index in [1.807, 2.05) is 29.8 Å². The summed E-state index contributed by atoms with van der Waals surface area (Å²) in [5, 5.41) is 5.31. The van der Waals surface area contributed by atoms with E-state index in [4.69, 9.17) is 21.6 Å². The van der Waals surface area contributed by atoms with Gasteiger partial charge in [0, 0.05) is 23.8 Å². The molecule has 2 heterocycles. The fourth-order valence-electron chi connectivity index (χ4n) is 3.45. The summed E-state index contributed by atoms with van der Waals surface area (Å²) in [5.41, 5.74) is 6.72. The smallest absolute Gasteiger partial charge is 0.182 e. The highest BCUT2D eigenvalue weighted by Crippen LogP contribution is 2.29. The Labute approximate surface area is 164 Å². The SMILES string of the molecule is CCN(CC)c1ccc(N=C2C(C)=Nn3c2nc2ccc(Cl)cc23)c(C)c1. The Kier molecular flexibility index (Phi) is 4.48. The van der Waals surface area contributed by atoms with Crippen molar-refractivity contribution in [1.29, 1.82) is 0 Å². The van der Waals surface area contributed by atoms with Crippen LogP contribution in [0.25, 0.3) is 11.0 Å². The third-order valence-electron chi connectivity index (χ3n) is 4.94. The van der Waals surface area contributed by atoms with Crippen molar-refractivity contribution < 1.29 is 0 Å². The first-order chi connectivity index (χ1) is 13.0. The summed E-state index contributed by atoms with van der Waals surface area (Å²) < 4.78 is 1.83. The van der Waals surface area contributed by atoms with E-state index in [0.717, 1.165) is 52.6 Å². The fraction of sp³-hybridized carbons (Fsp3) is 0.286. The molecule has 5 nitrogen and oxygen atoms in total. The third-order valence-corrected chi connectivity index (χ3v) is 5.17. The van der Waals surface area contributed by atoms with Crippen LogP contribution in [0.2, 0.25) is 5.02 Å². The molecule has 1 aliphatic heterocycles. The van der Waals surface area contributed by atoms with E-state index < -0.39 is 0 Å². The summed E-state index contributed by atoms with van der Waals surface area (Å²) in [6, 6.07) is 12.0. The summed E-state index contributed by atoms with van der Waals surface area (Å²) in [5.74, 6) is 0.761. The molecule has 1 aliphatic rings. The molecule has 27 heavy (non-hydrogen) atoms. The minimum absolute atomic E-state index is 0.672. The number of halogens is 1. The number of imidazole rings is 1. The van der Waals surface area contributed by atoms with Crippen LogP contribution in [-0.4, -0.2) is 34.2 Å². The number of rotatable bonds is 4. The number of anilines is 1. The second kappa shape index (κ2) is 6.82. The van der Waals surface area contributed by atoms with E-state index in [2.05, 4.69) is 49.0 Å². The van der Waals surface area contributed by atoms with Crippen LogP contribution in [0, 0.1) is 6.92 Å². The number of aliphatic imine (C=N–C) groups is 1. The van der Waals surface area contributed by atoms with Crippen LogP contribution in [0.5, 0.6) is 0 Å². The average molecular weight is 380 g/mol. The molecule has 0 saturated carbocycles. The van der Waals surface area contributed by atoms with Crippen LogP contribution in [0.1, 0.15) is 32.2 Å². The molecular weight excluding hydrogens is 358 g/mol. The van der Waals surface area contributed by atoms with Gasteiger partial charge in [-0.25, -0.2) is 14.7 Å². The number of nitrogens with zero attached hydrogens (tertiary/aromatic N) is 5. The summed E-state index contributed by atoms with van der Waals surface area (Å²) in [6.07, 6.45) is 0. The highest BCUT2D eigenvalue weighted by atomic mass is 35.5. The Balaban J connectivity index is 1.78. The van der Waals surface area contributed by atoms with E-state index in [1.54, 1.807) is 0 Å². The highest BCUT2D eigenvalue weighted by Gasteiger charge is 2.24. The summed E-state index contributed by atoms with van der Waals surface area (Å²) in [4.78, 5) is 11.9. The first kappa shape index (κ1) is 17.7. The van der Waals surface area contributed by atoms with Gasteiger partial charge in [-0.2, -0.15) is 5.10 Å². The molecule has 6 heteroatoms. The average Bonchev–Trinajstić information content (AvgIpc) is 3.14. The summed E-state index contributed by atoms with van der Waals surface area (Å²) in [6.45, 7) is 10.4. The van der Waals surface area contributed by atoms with Gasteiger partial charge in [-0.05, 0) is 69.7 Å². The van der Waals surface area contributed by atoms with Gasteiger partial charge in [-0.1, -0.05) is 11.6 Å². The van der Waals surface area contributed by atoms with Crippen molar-refractivity contribution in [1.82, 2.24) is 9.66 Å². The molecule has 0 aliphatic carbocycles. The Morgan fingerprint density at radius 2 is 1.85 bits per heavy atom. The van der Waals surface area contributed by atoms with E-state index in [-0.39, 0.29) is 0 Å². The van der Waals surface area contributed by atoms with Crippen LogP contribution in [0.3, 0.4) is 0 Å². The number of hydrogen-bond acceptors (Lipinski definition) is 4. The third kappa shape index (κ3) is 3.02. The molecule has 2 aromatic carbocycles. The predicted octanol–water partition coefficient (Wildman–Crippen LogP) is 5.20. The summed E-state index contributed by atoms with van der Waals surface area (Å²) >= 11 is 6.14. The quantitative estimate of drug-likeness (QED) is 0.625. The second-order valence-corrected chi connectivity index (χ2v) is 7.11. The van der Waals surface area contributed by atoms with Gasteiger partial charge in [0.1, 0.15) is 5.71 Å². The number of benzene rings is 2. The fourth-order valence-corrected chi connectivity index (χ4v) is 3.62. The maximum absolute atomic E-state index is 6.14. The lowest BCUT2D eigenvalue weighted by atomic mass is 10.1. The maximum atomic E-state index is 6.14.